The highest BCUT2D eigenvalue weighted by Gasteiger charge is 2.15. The Morgan fingerprint density at radius 1 is 0.818 bits per heavy atom. The van der Waals surface area contributed by atoms with Crippen LogP contribution in [0.2, 0.25) is 0 Å². The average molecular weight is 428 g/mol. The van der Waals surface area contributed by atoms with Crippen LogP contribution in [0.1, 0.15) is 15.9 Å². The predicted octanol–water partition coefficient (Wildman–Crippen LogP) is 6.26. The molecule has 0 saturated heterocycles. The molecule has 0 aliphatic heterocycles. The molecule has 0 fully saturated rings. The summed E-state index contributed by atoms with van der Waals surface area (Å²) in [4.78, 5) is 17.5. The van der Waals surface area contributed by atoms with Crippen LogP contribution in [0.5, 0.6) is 0 Å². The van der Waals surface area contributed by atoms with E-state index in [1.54, 1.807) is 12.1 Å². The summed E-state index contributed by atoms with van der Waals surface area (Å²) in [5, 5.41) is 10.1. The second-order valence-electron chi connectivity index (χ2n) is 8.13. The van der Waals surface area contributed by atoms with E-state index in [-0.39, 0.29) is 5.91 Å². The molecule has 6 aromatic rings. The molecule has 0 saturated carbocycles. The summed E-state index contributed by atoms with van der Waals surface area (Å²) in [6.45, 7) is 2.08. The van der Waals surface area contributed by atoms with E-state index >= 15 is 0 Å². The van der Waals surface area contributed by atoms with Crippen LogP contribution in [-0.4, -0.2) is 20.5 Å². The maximum atomic E-state index is 12.6. The number of carbonyl (C=O) groups excluding carboxylic acids is 1. The molecule has 5 heteroatoms. The van der Waals surface area contributed by atoms with Crippen molar-refractivity contribution in [3.8, 4) is 11.3 Å². The van der Waals surface area contributed by atoms with Gasteiger partial charge >= 0.3 is 0 Å². The summed E-state index contributed by atoms with van der Waals surface area (Å²) < 4.78 is 1.88. The molecular weight excluding hydrogens is 408 g/mol. The van der Waals surface area contributed by atoms with Crippen molar-refractivity contribution >= 4 is 39.0 Å². The number of imidazole rings is 1. The minimum atomic E-state index is -0.150. The van der Waals surface area contributed by atoms with Gasteiger partial charge in [0.15, 0.2) is 5.65 Å². The fraction of sp³-hybridized carbons (Fsp3) is 0.0357. The molecule has 0 unspecified atom stereocenters. The lowest BCUT2D eigenvalue weighted by Gasteiger charge is -2.09. The van der Waals surface area contributed by atoms with Gasteiger partial charge in [0.05, 0.1) is 16.7 Å². The number of nitrogens with zero attached hydrogens (tertiary/aromatic N) is 3. The molecule has 5 nitrogen and oxygen atoms in total. The maximum Gasteiger partial charge on any atom is 0.255 e. The fourth-order valence-corrected chi connectivity index (χ4v) is 4.17. The van der Waals surface area contributed by atoms with Crippen molar-refractivity contribution in [2.24, 2.45) is 0 Å². The van der Waals surface area contributed by atoms with E-state index in [2.05, 4.69) is 48.6 Å². The van der Waals surface area contributed by atoms with Gasteiger partial charge in [-0.2, -0.15) is 5.10 Å². The van der Waals surface area contributed by atoms with Crippen molar-refractivity contribution in [2.45, 2.75) is 6.92 Å². The molecule has 158 valence electrons. The van der Waals surface area contributed by atoms with Crippen LogP contribution in [0.25, 0.3) is 38.7 Å². The lowest BCUT2D eigenvalue weighted by molar-refractivity contribution is 0.102. The molecule has 0 radical (unpaired) electrons. The lowest BCUT2D eigenvalue weighted by atomic mass is 10.0. The van der Waals surface area contributed by atoms with Crippen molar-refractivity contribution in [1.82, 2.24) is 14.6 Å². The van der Waals surface area contributed by atoms with Gasteiger partial charge in [-0.25, -0.2) is 9.50 Å². The van der Waals surface area contributed by atoms with E-state index in [0.29, 0.717) is 11.3 Å². The van der Waals surface area contributed by atoms with Gasteiger partial charge in [-0.05, 0) is 37.3 Å². The van der Waals surface area contributed by atoms with Crippen LogP contribution < -0.4 is 5.32 Å². The Kier molecular flexibility index (Phi) is 4.40. The smallest absolute Gasteiger partial charge is 0.255 e. The van der Waals surface area contributed by atoms with Gasteiger partial charge in [0.2, 0.25) is 0 Å². The maximum absolute atomic E-state index is 12.6. The van der Waals surface area contributed by atoms with Crippen molar-refractivity contribution in [3.63, 3.8) is 0 Å². The lowest BCUT2D eigenvalue weighted by Crippen LogP contribution is -2.11. The van der Waals surface area contributed by atoms with Gasteiger partial charge < -0.3 is 5.32 Å². The van der Waals surface area contributed by atoms with Crippen molar-refractivity contribution < 1.29 is 4.79 Å². The van der Waals surface area contributed by atoms with Gasteiger partial charge in [-0.1, -0.05) is 72.3 Å². The van der Waals surface area contributed by atoms with E-state index in [1.807, 2.05) is 53.0 Å². The van der Waals surface area contributed by atoms with E-state index in [1.165, 1.54) is 5.56 Å². The Morgan fingerprint density at radius 3 is 2.33 bits per heavy atom. The summed E-state index contributed by atoms with van der Waals surface area (Å²) in [6, 6.07) is 31.5. The number of anilines is 1. The molecule has 6 rings (SSSR count). The van der Waals surface area contributed by atoms with Gasteiger partial charge in [0, 0.05) is 27.6 Å². The molecule has 1 N–H and O–H groups in total. The third-order valence-electron chi connectivity index (χ3n) is 5.87. The van der Waals surface area contributed by atoms with E-state index < -0.39 is 0 Å². The number of hydrogen-bond donors (Lipinski definition) is 1. The highest BCUT2D eigenvalue weighted by molar-refractivity contribution is 6.06. The highest BCUT2D eigenvalue weighted by atomic mass is 16.1. The first kappa shape index (κ1) is 19.2. The van der Waals surface area contributed by atoms with Crippen LogP contribution in [0.3, 0.4) is 0 Å². The van der Waals surface area contributed by atoms with Crippen LogP contribution in [0.15, 0.2) is 97.1 Å². The molecule has 1 amide bonds. The van der Waals surface area contributed by atoms with Gasteiger partial charge in [0.1, 0.15) is 0 Å². The average Bonchev–Trinajstić information content (AvgIpc) is 3.23. The number of benzene rings is 4. The normalized spacial score (nSPS) is 11.3. The van der Waals surface area contributed by atoms with Crippen LogP contribution in [-0.2, 0) is 0 Å². The minimum Gasteiger partial charge on any atom is -0.322 e. The second kappa shape index (κ2) is 7.57. The van der Waals surface area contributed by atoms with Gasteiger partial charge in [-0.15, -0.1) is 0 Å². The molecule has 0 spiro atoms. The Bertz CT molecular complexity index is 1650. The summed E-state index contributed by atoms with van der Waals surface area (Å²) in [7, 11) is 0. The standard InChI is InChI=1S/C28H20N4O/c1-18-11-13-19(14-12-18)26-22-9-5-6-10-23(22)27-30-24-16-15-21(17-25(24)32(27)31-26)29-28(33)20-7-3-2-4-8-20/h2-17H,1H3,(H,29,33). The van der Waals surface area contributed by atoms with Gasteiger partial charge in [0.25, 0.3) is 5.91 Å². The molecule has 0 aliphatic carbocycles. The number of aryl methyl sites for hydroxylation is 1. The minimum absolute atomic E-state index is 0.150. The van der Waals surface area contributed by atoms with Crippen molar-refractivity contribution in [2.75, 3.05) is 5.32 Å². The number of hydrogen-bond acceptors (Lipinski definition) is 3. The zero-order valence-corrected chi connectivity index (χ0v) is 18.0. The molecular formula is C28H20N4O. The van der Waals surface area contributed by atoms with Crippen molar-refractivity contribution in [1.29, 1.82) is 0 Å². The number of amides is 1. The van der Waals surface area contributed by atoms with Crippen LogP contribution in [0.4, 0.5) is 5.69 Å². The molecule has 0 bridgehead atoms. The predicted molar refractivity (Wildman–Crippen MR) is 133 cm³/mol. The third kappa shape index (κ3) is 3.31. The first-order valence-electron chi connectivity index (χ1n) is 10.8. The number of rotatable bonds is 3. The number of fused-ring (bicyclic) bond motifs is 5. The van der Waals surface area contributed by atoms with Crippen LogP contribution in [0, 0.1) is 6.92 Å². The summed E-state index contributed by atoms with van der Waals surface area (Å²) in [5.74, 6) is -0.150. The topological polar surface area (TPSA) is 59.3 Å². The number of aromatic nitrogens is 3. The Morgan fingerprint density at radius 2 is 1.55 bits per heavy atom. The second-order valence-corrected chi connectivity index (χ2v) is 8.13. The fourth-order valence-electron chi connectivity index (χ4n) is 4.17. The molecule has 4 aromatic carbocycles. The number of carbonyl (C=O) groups is 1. The monoisotopic (exact) mass is 428 g/mol. The first-order valence-corrected chi connectivity index (χ1v) is 10.8. The first-order chi connectivity index (χ1) is 16.2. The third-order valence-corrected chi connectivity index (χ3v) is 5.87. The van der Waals surface area contributed by atoms with E-state index in [9.17, 15) is 4.79 Å². The van der Waals surface area contributed by atoms with E-state index in [0.717, 1.165) is 38.7 Å². The summed E-state index contributed by atoms with van der Waals surface area (Å²) >= 11 is 0. The molecule has 33 heavy (non-hydrogen) atoms. The highest BCUT2D eigenvalue weighted by Crippen LogP contribution is 2.31. The quantitative estimate of drug-likeness (QED) is 0.362. The molecule has 2 heterocycles. The summed E-state index contributed by atoms with van der Waals surface area (Å²) in [5.41, 5.74) is 6.93. The van der Waals surface area contributed by atoms with Crippen LogP contribution >= 0.6 is 0 Å². The zero-order chi connectivity index (χ0) is 22.4. The van der Waals surface area contributed by atoms with Crippen molar-refractivity contribution in [3.05, 3.63) is 108 Å². The Labute approximate surface area is 190 Å². The van der Waals surface area contributed by atoms with E-state index in [4.69, 9.17) is 10.1 Å². The zero-order valence-electron chi connectivity index (χ0n) is 18.0. The SMILES string of the molecule is Cc1ccc(-c2nn3c4cc(NC(=O)c5ccccc5)ccc4nc3c3ccccc23)cc1. The van der Waals surface area contributed by atoms with Gasteiger partial charge in [-0.3, -0.25) is 4.79 Å². The Hall–Kier alpha value is -4.51. The largest absolute Gasteiger partial charge is 0.322 e. The summed E-state index contributed by atoms with van der Waals surface area (Å²) in [6.07, 6.45) is 0. The Balaban J connectivity index is 1.54. The number of nitrogens with one attached hydrogen (secondary N) is 1. The molecule has 0 aliphatic rings. The molecule has 0 atom stereocenters. The molecule has 2 aromatic heterocycles.